The van der Waals surface area contributed by atoms with E-state index in [1.54, 1.807) is 0 Å². The molecule has 4 heteroatoms. The van der Waals surface area contributed by atoms with Gasteiger partial charge in [0, 0.05) is 27.5 Å². The van der Waals surface area contributed by atoms with E-state index in [-0.39, 0.29) is 6.71 Å². The number of para-hydroxylation sites is 4. The number of fused-ring (bicyclic) bond motifs is 7. The summed E-state index contributed by atoms with van der Waals surface area (Å²) in [5.74, 6) is 3.55. The Bertz CT molecular complexity index is 2130. The normalized spacial score (nSPS) is 12.8. The first-order chi connectivity index (χ1) is 19.8. The topological polar surface area (TPSA) is 23.4 Å². The predicted octanol–water partition coefficient (Wildman–Crippen LogP) is 7.18. The van der Waals surface area contributed by atoms with Crippen molar-refractivity contribution >= 4 is 44.9 Å². The molecule has 0 bridgehead atoms. The zero-order chi connectivity index (χ0) is 26.2. The molecule has 186 valence electrons. The average molecular weight is 511 g/mol. The van der Waals surface area contributed by atoms with E-state index in [0.29, 0.717) is 0 Å². The van der Waals surface area contributed by atoms with E-state index < -0.39 is 0 Å². The molecule has 0 aliphatic carbocycles. The van der Waals surface area contributed by atoms with Crippen LogP contribution in [-0.2, 0) is 0 Å². The summed E-state index contributed by atoms with van der Waals surface area (Å²) in [5, 5.41) is 2.46. The van der Waals surface area contributed by atoms with Crippen LogP contribution >= 0.6 is 0 Å². The van der Waals surface area contributed by atoms with Crippen molar-refractivity contribution in [3.8, 4) is 39.8 Å². The lowest BCUT2D eigenvalue weighted by Crippen LogP contribution is -2.57. The Balaban J connectivity index is 1.28. The first-order valence-corrected chi connectivity index (χ1v) is 13.6. The summed E-state index contributed by atoms with van der Waals surface area (Å²) < 4.78 is 15.4. The zero-order valence-electron chi connectivity index (χ0n) is 21.5. The smallest absolute Gasteiger partial charge is 0.260 e. The Hall–Kier alpha value is -5.22. The fraction of sp³-hybridized carbons (Fsp3) is 0. The summed E-state index contributed by atoms with van der Waals surface area (Å²) in [6.07, 6.45) is 0. The molecule has 0 spiro atoms. The maximum atomic E-state index is 6.71. The molecule has 0 saturated carbocycles. The molecule has 9 rings (SSSR count). The monoisotopic (exact) mass is 511 g/mol. The SMILES string of the molecule is c1ccc(-n2c3ccccc3c3cc(-c4cccc5c4Oc4cccc6c4B5c4ccccc4O6)ccc32)cc1. The average Bonchev–Trinajstić information content (AvgIpc) is 3.35. The van der Waals surface area contributed by atoms with Gasteiger partial charge in [0.25, 0.3) is 6.71 Å². The summed E-state index contributed by atoms with van der Waals surface area (Å²) in [5.41, 5.74) is 9.23. The Morgan fingerprint density at radius 3 is 2.12 bits per heavy atom. The molecule has 0 N–H and O–H groups in total. The minimum absolute atomic E-state index is 0.0589. The van der Waals surface area contributed by atoms with E-state index in [1.165, 1.54) is 32.7 Å². The van der Waals surface area contributed by atoms with Gasteiger partial charge in [0.1, 0.15) is 23.0 Å². The number of rotatable bonds is 2. The van der Waals surface area contributed by atoms with Gasteiger partial charge in [-0.2, -0.15) is 0 Å². The van der Waals surface area contributed by atoms with Gasteiger partial charge in [0.15, 0.2) is 0 Å². The van der Waals surface area contributed by atoms with Gasteiger partial charge in [-0.25, -0.2) is 0 Å². The van der Waals surface area contributed by atoms with Crippen molar-refractivity contribution in [3.05, 3.63) is 133 Å². The number of hydrogen-bond acceptors (Lipinski definition) is 2. The lowest BCUT2D eigenvalue weighted by Gasteiger charge is -2.33. The standard InChI is InChI=1S/C36H22BNO2/c1-2-10-24(11-3-1)38-30-16-6-4-12-26(30)27-22-23(20-21-31(27)38)25-13-8-15-29-36(25)40-34-19-9-18-33-35(34)37(29)28-14-5-7-17-32(28)39-33/h1-22H. The number of benzene rings is 6. The van der Waals surface area contributed by atoms with Crippen LogP contribution in [0.15, 0.2) is 133 Å². The highest BCUT2D eigenvalue weighted by molar-refractivity contribution is 6.98. The predicted molar refractivity (Wildman–Crippen MR) is 164 cm³/mol. The molecule has 2 aliphatic heterocycles. The maximum absolute atomic E-state index is 6.71. The maximum Gasteiger partial charge on any atom is 0.260 e. The molecule has 0 unspecified atom stereocenters. The molecule has 40 heavy (non-hydrogen) atoms. The van der Waals surface area contributed by atoms with Crippen LogP contribution < -0.4 is 25.9 Å². The van der Waals surface area contributed by atoms with Crippen molar-refractivity contribution in [2.75, 3.05) is 0 Å². The zero-order valence-corrected chi connectivity index (χ0v) is 21.5. The molecule has 6 aromatic carbocycles. The molecule has 0 radical (unpaired) electrons. The van der Waals surface area contributed by atoms with Gasteiger partial charge in [-0.15, -0.1) is 0 Å². The molecule has 3 nitrogen and oxygen atoms in total. The molecule has 3 heterocycles. The highest BCUT2D eigenvalue weighted by atomic mass is 16.5. The van der Waals surface area contributed by atoms with Gasteiger partial charge in [-0.05, 0) is 65.0 Å². The highest BCUT2D eigenvalue weighted by Crippen LogP contribution is 2.41. The number of ether oxygens (including phenoxy) is 2. The lowest BCUT2D eigenvalue weighted by molar-refractivity contribution is 0.465. The van der Waals surface area contributed by atoms with Crippen LogP contribution in [0, 0.1) is 0 Å². The fourth-order valence-corrected chi connectivity index (χ4v) is 6.62. The van der Waals surface area contributed by atoms with Crippen molar-refractivity contribution in [2.24, 2.45) is 0 Å². The number of aromatic nitrogens is 1. The molecule has 0 fully saturated rings. The van der Waals surface area contributed by atoms with E-state index in [4.69, 9.17) is 9.47 Å². The molecule has 2 aliphatic rings. The van der Waals surface area contributed by atoms with Crippen LogP contribution in [0.2, 0.25) is 0 Å². The largest absolute Gasteiger partial charge is 0.458 e. The first-order valence-electron chi connectivity index (χ1n) is 13.6. The lowest BCUT2D eigenvalue weighted by atomic mass is 9.34. The van der Waals surface area contributed by atoms with E-state index in [9.17, 15) is 0 Å². The summed E-state index contributed by atoms with van der Waals surface area (Å²) in [7, 11) is 0. The second-order valence-electron chi connectivity index (χ2n) is 10.5. The minimum Gasteiger partial charge on any atom is -0.458 e. The number of hydrogen-bond donors (Lipinski definition) is 0. The third kappa shape index (κ3) is 2.96. The van der Waals surface area contributed by atoms with Crippen molar-refractivity contribution < 1.29 is 9.47 Å². The van der Waals surface area contributed by atoms with Crippen LogP contribution in [-0.4, -0.2) is 11.3 Å². The molecular weight excluding hydrogens is 489 g/mol. The van der Waals surface area contributed by atoms with Crippen molar-refractivity contribution in [1.82, 2.24) is 4.57 Å². The Kier molecular flexibility index (Phi) is 4.41. The quantitative estimate of drug-likeness (QED) is 0.230. The summed E-state index contributed by atoms with van der Waals surface area (Å²) in [6, 6.07) is 47.0. The Morgan fingerprint density at radius 1 is 0.500 bits per heavy atom. The highest BCUT2D eigenvalue weighted by Gasteiger charge is 2.40. The van der Waals surface area contributed by atoms with Gasteiger partial charge in [-0.3, -0.25) is 0 Å². The second kappa shape index (κ2) is 8.14. The van der Waals surface area contributed by atoms with Crippen molar-refractivity contribution in [3.63, 3.8) is 0 Å². The Morgan fingerprint density at radius 2 is 1.20 bits per heavy atom. The summed E-state index contributed by atoms with van der Waals surface area (Å²) in [4.78, 5) is 0. The van der Waals surface area contributed by atoms with Gasteiger partial charge < -0.3 is 14.0 Å². The van der Waals surface area contributed by atoms with E-state index >= 15 is 0 Å². The summed E-state index contributed by atoms with van der Waals surface area (Å²) in [6.45, 7) is 0.0589. The summed E-state index contributed by atoms with van der Waals surface area (Å²) >= 11 is 0. The molecule has 0 saturated heterocycles. The van der Waals surface area contributed by atoms with Gasteiger partial charge in [0.2, 0.25) is 0 Å². The third-order valence-electron chi connectivity index (χ3n) is 8.33. The van der Waals surface area contributed by atoms with Gasteiger partial charge in [0.05, 0.1) is 11.0 Å². The molecule has 0 amide bonds. The van der Waals surface area contributed by atoms with Crippen LogP contribution in [0.25, 0.3) is 38.6 Å². The molecule has 7 aromatic rings. The van der Waals surface area contributed by atoms with E-state index in [2.05, 4.69) is 120 Å². The minimum atomic E-state index is 0.0589. The fourth-order valence-electron chi connectivity index (χ4n) is 6.62. The van der Waals surface area contributed by atoms with Crippen molar-refractivity contribution in [2.45, 2.75) is 0 Å². The van der Waals surface area contributed by atoms with Gasteiger partial charge >= 0.3 is 0 Å². The van der Waals surface area contributed by atoms with Gasteiger partial charge in [-0.1, -0.05) is 84.9 Å². The second-order valence-corrected chi connectivity index (χ2v) is 10.5. The molecule has 0 atom stereocenters. The van der Waals surface area contributed by atoms with Crippen LogP contribution in [0.5, 0.6) is 23.0 Å². The first kappa shape index (κ1) is 21.7. The number of nitrogens with zero attached hydrogens (tertiary/aromatic N) is 1. The van der Waals surface area contributed by atoms with E-state index in [0.717, 1.165) is 45.3 Å². The van der Waals surface area contributed by atoms with E-state index in [1.807, 2.05) is 18.2 Å². The third-order valence-corrected chi connectivity index (χ3v) is 8.33. The van der Waals surface area contributed by atoms with Crippen LogP contribution in [0.1, 0.15) is 0 Å². The van der Waals surface area contributed by atoms with Crippen LogP contribution in [0.3, 0.4) is 0 Å². The molecular formula is C36H22BNO2. The van der Waals surface area contributed by atoms with Crippen LogP contribution in [0.4, 0.5) is 0 Å². The Labute approximate surface area is 231 Å². The molecule has 1 aromatic heterocycles. The van der Waals surface area contributed by atoms with Crippen molar-refractivity contribution in [1.29, 1.82) is 0 Å².